The predicted molar refractivity (Wildman–Crippen MR) is 101 cm³/mol. The molecule has 2 aromatic carbocycles. The van der Waals surface area contributed by atoms with Crippen molar-refractivity contribution in [1.29, 1.82) is 0 Å². The largest absolute Gasteiger partial charge is 0.455 e. The van der Waals surface area contributed by atoms with E-state index in [1.165, 1.54) is 48.2 Å². The molecule has 4 nitrogen and oxygen atoms in total. The summed E-state index contributed by atoms with van der Waals surface area (Å²) < 4.78 is 17.9. The number of benzene rings is 2. The van der Waals surface area contributed by atoms with Crippen molar-refractivity contribution in [2.45, 2.75) is 45.1 Å². The first-order valence-corrected chi connectivity index (χ1v) is 9.32. The number of halogens is 1. The summed E-state index contributed by atoms with van der Waals surface area (Å²) in [7, 11) is 0. The summed E-state index contributed by atoms with van der Waals surface area (Å²) in [6, 6.07) is 11.8. The van der Waals surface area contributed by atoms with E-state index >= 15 is 0 Å². The highest BCUT2D eigenvalue weighted by molar-refractivity contribution is 5.81. The average molecular weight is 369 g/mol. The first kappa shape index (κ1) is 19.1. The smallest absolute Gasteiger partial charge is 0.310 e. The van der Waals surface area contributed by atoms with Gasteiger partial charge in [0, 0.05) is 0 Å². The van der Waals surface area contributed by atoms with E-state index in [1.54, 1.807) is 0 Å². The molecule has 0 unspecified atom stereocenters. The minimum Gasteiger partial charge on any atom is -0.455 e. The molecule has 142 valence electrons. The zero-order valence-corrected chi connectivity index (χ0v) is 15.5. The molecular formula is C22H24FNO3. The molecule has 1 N–H and O–H groups in total. The zero-order valence-electron chi connectivity index (χ0n) is 15.5. The van der Waals surface area contributed by atoms with Gasteiger partial charge in [-0.3, -0.25) is 9.59 Å². The van der Waals surface area contributed by atoms with Crippen LogP contribution in [0.25, 0.3) is 0 Å². The standard InChI is InChI=1S/C22H24FNO3/c1-15(18-9-8-17-4-2-3-5-19(17)13-18)24-21(25)14-27-22(26)12-16-6-10-20(23)11-7-16/h6-11,13,15H,2-5,12,14H2,1H3,(H,24,25)/t15-/m1/s1. The lowest BCUT2D eigenvalue weighted by molar-refractivity contribution is -0.148. The van der Waals surface area contributed by atoms with E-state index < -0.39 is 5.97 Å². The van der Waals surface area contributed by atoms with Crippen molar-refractivity contribution in [2.24, 2.45) is 0 Å². The van der Waals surface area contributed by atoms with Crippen molar-refractivity contribution < 1.29 is 18.7 Å². The second-order valence-electron chi connectivity index (χ2n) is 6.99. The molecule has 2 aromatic rings. The predicted octanol–water partition coefficient (Wildman–Crippen LogP) is 3.67. The maximum atomic E-state index is 12.9. The fourth-order valence-electron chi connectivity index (χ4n) is 3.36. The molecule has 1 aliphatic rings. The molecular weight excluding hydrogens is 345 g/mol. The van der Waals surface area contributed by atoms with Crippen molar-refractivity contribution in [3.63, 3.8) is 0 Å². The number of nitrogens with one attached hydrogen (secondary N) is 1. The molecule has 0 spiro atoms. The van der Waals surface area contributed by atoms with Crippen LogP contribution >= 0.6 is 0 Å². The Morgan fingerprint density at radius 3 is 2.52 bits per heavy atom. The summed E-state index contributed by atoms with van der Waals surface area (Å²) >= 11 is 0. The second kappa shape index (κ2) is 8.80. The van der Waals surface area contributed by atoms with Crippen molar-refractivity contribution in [1.82, 2.24) is 5.32 Å². The topological polar surface area (TPSA) is 55.4 Å². The summed E-state index contributed by atoms with van der Waals surface area (Å²) in [6.45, 7) is 1.60. The Labute approximate surface area is 158 Å². The van der Waals surface area contributed by atoms with E-state index in [9.17, 15) is 14.0 Å². The molecule has 0 bridgehead atoms. The highest BCUT2D eigenvalue weighted by atomic mass is 19.1. The Morgan fingerprint density at radius 1 is 1.07 bits per heavy atom. The number of esters is 1. The number of amides is 1. The van der Waals surface area contributed by atoms with Gasteiger partial charge >= 0.3 is 5.97 Å². The Hall–Kier alpha value is -2.69. The Balaban J connectivity index is 1.47. The Kier molecular flexibility index (Phi) is 6.22. The molecule has 0 fully saturated rings. The lowest BCUT2D eigenvalue weighted by Crippen LogP contribution is -2.31. The van der Waals surface area contributed by atoms with Gasteiger partial charge in [0.05, 0.1) is 12.5 Å². The average Bonchev–Trinajstić information content (AvgIpc) is 2.68. The van der Waals surface area contributed by atoms with Gasteiger partial charge in [-0.2, -0.15) is 0 Å². The van der Waals surface area contributed by atoms with Crippen LogP contribution in [0.1, 0.15) is 48.1 Å². The van der Waals surface area contributed by atoms with Gasteiger partial charge in [0.15, 0.2) is 6.61 Å². The number of fused-ring (bicyclic) bond motifs is 1. The molecule has 1 amide bonds. The molecule has 0 radical (unpaired) electrons. The molecule has 0 aliphatic heterocycles. The minimum absolute atomic E-state index is 0.00787. The first-order valence-electron chi connectivity index (χ1n) is 9.32. The van der Waals surface area contributed by atoms with Crippen molar-refractivity contribution in [3.8, 4) is 0 Å². The van der Waals surface area contributed by atoms with Crippen LogP contribution in [0.5, 0.6) is 0 Å². The van der Waals surface area contributed by atoms with Gasteiger partial charge in [-0.05, 0) is 67.0 Å². The second-order valence-corrected chi connectivity index (χ2v) is 6.99. The van der Waals surface area contributed by atoms with Crippen LogP contribution in [-0.2, 0) is 33.6 Å². The molecule has 0 heterocycles. The number of carbonyl (C=O) groups is 2. The minimum atomic E-state index is -0.516. The van der Waals surface area contributed by atoms with Gasteiger partial charge < -0.3 is 10.1 Å². The van der Waals surface area contributed by atoms with Gasteiger partial charge in [0.25, 0.3) is 5.91 Å². The summed E-state index contributed by atoms with van der Waals surface area (Å²) in [5, 5.41) is 2.86. The maximum Gasteiger partial charge on any atom is 0.310 e. The summed E-state index contributed by atoms with van der Waals surface area (Å²) in [4.78, 5) is 23.9. The zero-order chi connectivity index (χ0) is 19.2. The number of hydrogen-bond donors (Lipinski definition) is 1. The number of hydrogen-bond acceptors (Lipinski definition) is 3. The summed E-state index contributed by atoms with van der Waals surface area (Å²) in [6.07, 6.45) is 4.67. The van der Waals surface area contributed by atoms with Crippen LogP contribution in [0.3, 0.4) is 0 Å². The molecule has 0 aromatic heterocycles. The summed E-state index contributed by atoms with van der Waals surface area (Å²) in [5.41, 5.74) is 4.47. The number of rotatable bonds is 6. The molecule has 3 rings (SSSR count). The van der Waals surface area contributed by atoms with E-state index in [0.29, 0.717) is 5.56 Å². The van der Waals surface area contributed by atoms with Gasteiger partial charge in [-0.25, -0.2) is 4.39 Å². The van der Waals surface area contributed by atoms with Crippen LogP contribution in [-0.4, -0.2) is 18.5 Å². The van der Waals surface area contributed by atoms with E-state index in [2.05, 4.69) is 23.5 Å². The lowest BCUT2D eigenvalue weighted by Gasteiger charge is -2.20. The van der Waals surface area contributed by atoms with Crippen LogP contribution in [0.4, 0.5) is 4.39 Å². The van der Waals surface area contributed by atoms with Crippen molar-refractivity contribution in [3.05, 3.63) is 70.5 Å². The molecule has 5 heteroatoms. The highest BCUT2D eigenvalue weighted by Gasteiger charge is 2.15. The lowest BCUT2D eigenvalue weighted by atomic mass is 9.89. The van der Waals surface area contributed by atoms with Crippen LogP contribution in [0.2, 0.25) is 0 Å². The molecule has 27 heavy (non-hydrogen) atoms. The normalized spacial score (nSPS) is 14.1. The molecule has 1 atom stereocenters. The van der Waals surface area contributed by atoms with Gasteiger partial charge in [-0.15, -0.1) is 0 Å². The van der Waals surface area contributed by atoms with Gasteiger partial charge in [0.2, 0.25) is 0 Å². The Bertz CT molecular complexity index is 817. The Morgan fingerprint density at radius 2 is 1.78 bits per heavy atom. The highest BCUT2D eigenvalue weighted by Crippen LogP contribution is 2.24. The maximum absolute atomic E-state index is 12.9. The van der Waals surface area contributed by atoms with E-state index in [0.717, 1.165) is 18.4 Å². The third kappa shape index (κ3) is 5.39. The molecule has 0 saturated carbocycles. The fraction of sp³-hybridized carbons (Fsp3) is 0.364. The van der Waals surface area contributed by atoms with Crippen LogP contribution < -0.4 is 5.32 Å². The van der Waals surface area contributed by atoms with E-state index in [-0.39, 0.29) is 30.8 Å². The van der Waals surface area contributed by atoms with E-state index in [4.69, 9.17) is 4.74 Å². The SMILES string of the molecule is C[C@@H](NC(=O)COC(=O)Cc1ccc(F)cc1)c1ccc2c(c1)CCCC2. The van der Waals surface area contributed by atoms with Crippen molar-refractivity contribution >= 4 is 11.9 Å². The number of ether oxygens (including phenoxy) is 1. The quantitative estimate of drug-likeness (QED) is 0.791. The molecule has 1 aliphatic carbocycles. The van der Waals surface area contributed by atoms with Crippen LogP contribution in [0.15, 0.2) is 42.5 Å². The third-order valence-corrected chi connectivity index (χ3v) is 4.88. The first-order chi connectivity index (χ1) is 13.0. The fourth-order valence-corrected chi connectivity index (χ4v) is 3.36. The van der Waals surface area contributed by atoms with Gasteiger partial charge in [0.1, 0.15) is 5.82 Å². The van der Waals surface area contributed by atoms with Crippen molar-refractivity contribution in [2.75, 3.05) is 6.61 Å². The molecule has 0 saturated heterocycles. The number of aryl methyl sites for hydroxylation is 2. The van der Waals surface area contributed by atoms with Gasteiger partial charge in [-0.1, -0.05) is 30.3 Å². The number of carbonyl (C=O) groups excluding carboxylic acids is 2. The van der Waals surface area contributed by atoms with E-state index in [1.807, 2.05) is 6.92 Å². The van der Waals surface area contributed by atoms with Crippen LogP contribution in [0, 0.1) is 5.82 Å². The third-order valence-electron chi connectivity index (χ3n) is 4.88. The summed E-state index contributed by atoms with van der Waals surface area (Å²) in [5.74, 6) is -1.21. The monoisotopic (exact) mass is 369 g/mol.